The number of piperazine rings is 1. The summed E-state index contributed by atoms with van der Waals surface area (Å²) in [6.45, 7) is 2.63. The lowest BCUT2D eigenvalue weighted by molar-refractivity contribution is 0.0626. The van der Waals surface area contributed by atoms with Crippen molar-refractivity contribution >= 4 is 39.1 Å². The molecule has 2 fully saturated rings. The number of carbonyl (C=O) groups excluding carboxylic acids is 1. The van der Waals surface area contributed by atoms with Crippen LogP contribution in [-0.2, 0) is 16.6 Å². The summed E-state index contributed by atoms with van der Waals surface area (Å²) in [5.74, 6) is -2.15. The monoisotopic (exact) mass is 531 g/mol. The summed E-state index contributed by atoms with van der Waals surface area (Å²) in [4.78, 5) is 16.6. The Labute approximate surface area is 208 Å². The van der Waals surface area contributed by atoms with Crippen LogP contribution in [0.25, 0.3) is 0 Å². The molecule has 0 aliphatic carbocycles. The topological polar surface area (TPSA) is 60.9 Å². The average molecular weight is 532 g/mol. The van der Waals surface area contributed by atoms with Gasteiger partial charge >= 0.3 is 0 Å². The highest BCUT2D eigenvalue weighted by Gasteiger charge is 2.31. The fourth-order valence-electron chi connectivity index (χ4n) is 4.33. The van der Waals surface area contributed by atoms with Crippen molar-refractivity contribution < 1.29 is 22.0 Å². The van der Waals surface area contributed by atoms with E-state index in [9.17, 15) is 22.0 Å². The number of hydrogen-bond acceptors (Lipinski definition) is 4. The number of sulfonamides is 1. The van der Waals surface area contributed by atoms with Crippen molar-refractivity contribution in [2.75, 3.05) is 39.3 Å². The minimum Gasteiger partial charge on any atom is -0.336 e. The first kappa shape index (κ1) is 25.3. The first-order valence-electron chi connectivity index (χ1n) is 11.1. The van der Waals surface area contributed by atoms with Crippen molar-refractivity contribution in [3.05, 3.63) is 63.1 Å². The zero-order valence-corrected chi connectivity index (χ0v) is 20.8. The number of amides is 1. The Morgan fingerprint density at radius 1 is 0.912 bits per heavy atom. The highest BCUT2D eigenvalue weighted by molar-refractivity contribution is 7.89. The fourth-order valence-corrected chi connectivity index (χ4v) is 6.67. The normalized spacial score (nSPS) is 18.3. The lowest BCUT2D eigenvalue weighted by atomic mass is 10.1. The van der Waals surface area contributed by atoms with Crippen LogP contribution in [0.3, 0.4) is 0 Å². The molecule has 34 heavy (non-hydrogen) atoms. The zero-order valence-electron chi connectivity index (χ0n) is 18.4. The van der Waals surface area contributed by atoms with Gasteiger partial charge in [-0.3, -0.25) is 9.69 Å². The molecule has 6 nitrogen and oxygen atoms in total. The van der Waals surface area contributed by atoms with E-state index in [1.807, 2.05) is 4.90 Å². The van der Waals surface area contributed by atoms with Gasteiger partial charge in [-0.15, -0.1) is 0 Å². The number of nitrogens with zero attached hydrogens (tertiary/aromatic N) is 3. The van der Waals surface area contributed by atoms with Crippen LogP contribution < -0.4 is 0 Å². The van der Waals surface area contributed by atoms with Gasteiger partial charge < -0.3 is 4.90 Å². The Bertz CT molecular complexity index is 1180. The molecule has 0 bridgehead atoms. The molecule has 2 heterocycles. The molecule has 2 aliphatic heterocycles. The molecule has 184 valence electrons. The van der Waals surface area contributed by atoms with Gasteiger partial charge in [-0.1, -0.05) is 41.8 Å². The van der Waals surface area contributed by atoms with E-state index in [-0.39, 0.29) is 32.6 Å². The van der Waals surface area contributed by atoms with Crippen molar-refractivity contribution in [1.82, 2.24) is 14.1 Å². The molecule has 0 atom stereocenters. The Kier molecular flexibility index (Phi) is 7.79. The molecule has 0 unspecified atom stereocenters. The molecular formula is C23H25Cl2F2N3O3S. The third-order valence-electron chi connectivity index (χ3n) is 6.27. The van der Waals surface area contributed by atoms with Crippen LogP contribution in [0.5, 0.6) is 0 Å². The summed E-state index contributed by atoms with van der Waals surface area (Å²) in [6, 6.07) is 6.64. The number of hydrogen-bond donors (Lipinski definition) is 0. The van der Waals surface area contributed by atoms with E-state index >= 15 is 0 Å². The number of rotatable bonds is 5. The molecule has 0 saturated carbocycles. The van der Waals surface area contributed by atoms with Crippen molar-refractivity contribution in [3.63, 3.8) is 0 Å². The minimum absolute atomic E-state index is 0.0194. The summed E-state index contributed by atoms with van der Waals surface area (Å²) in [5.41, 5.74) is 0.333. The minimum atomic E-state index is -3.85. The lowest BCUT2D eigenvalue weighted by Crippen LogP contribution is -2.48. The van der Waals surface area contributed by atoms with Gasteiger partial charge in [0.1, 0.15) is 4.90 Å². The SMILES string of the molecule is O=C(c1cc(S(=O)(=O)N2CCCCC2)c(Cl)cc1Cl)N1CCN(Cc2cccc(F)c2F)CC1. The fraction of sp³-hybridized carbons (Fsp3) is 0.435. The van der Waals surface area contributed by atoms with E-state index in [1.54, 1.807) is 4.90 Å². The molecule has 2 saturated heterocycles. The summed E-state index contributed by atoms with van der Waals surface area (Å²) in [5, 5.41) is 0.0610. The van der Waals surface area contributed by atoms with Gasteiger partial charge in [-0.2, -0.15) is 4.31 Å². The molecule has 0 N–H and O–H groups in total. The Hall–Kier alpha value is -1.78. The predicted octanol–water partition coefficient (Wildman–Crippen LogP) is 4.40. The molecule has 2 aromatic rings. The second kappa shape index (κ2) is 10.5. The predicted molar refractivity (Wildman–Crippen MR) is 127 cm³/mol. The van der Waals surface area contributed by atoms with Crippen LogP contribution in [0.1, 0.15) is 35.2 Å². The Morgan fingerprint density at radius 3 is 2.26 bits per heavy atom. The van der Waals surface area contributed by atoms with Crippen molar-refractivity contribution in [1.29, 1.82) is 0 Å². The van der Waals surface area contributed by atoms with Crippen molar-refractivity contribution in [3.8, 4) is 0 Å². The second-order valence-corrected chi connectivity index (χ2v) is 11.2. The first-order valence-corrected chi connectivity index (χ1v) is 13.3. The molecular weight excluding hydrogens is 507 g/mol. The molecule has 0 aromatic heterocycles. The second-order valence-electron chi connectivity index (χ2n) is 8.51. The van der Waals surface area contributed by atoms with Gasteiger partial charge in [0.05, 0.1) is 15.6 Å². The smallest absolute Gasteiger partial charge is 0.255 e. The van der Waals surface area contributed by atoms with Gasteiger partial charge in [0.2, 0.25) is 10.0 Å². The van der Waals surface area contributed by atoms with E-state index in [4.69, 9.17) is 23.2 Å². The number of halogens is 4. The van der Waals surface area contributed by atoms with Crippen LogP contribution in [0.4, 0.5) is 8.78 Å². The largest absolute Gasteiger partial charge is 0.336 e. The van der Waals surface area contributed by atoms with E-state index in [0.29, 0.717) is 39.3 Å². The average Bonchev–Trinajstić information content (AvgIpc) is 2.82. The third-order valence-corrected chi connectivity index (χ3v) is 8.95. The summed E-state index contributed by atoms with van der Waals surface area (Å²) in [6.07, 6.45) is 2.53. The maximum absolute atomic E-state index is 14.0. The van der Waals surface area contributed by atoms with E-state index in [1.165, 1.54) is 28.6 Å². The highest BCUT2D eigenvalue weighted by atomic mass is 35.5. The lowest BCUT2D eigenvalue weighted by Gasteiger charge is -2.35. The number of piperidine rings is 1. The maximum Gasteiger partial charge on any atom is 0.255 e. The van der Waals surface area contributed by atoms with Crippen LogP contribution in [0.2, 0.25) is 10.0 Å². The maximum atomic E-state index is 14.0. The molecule has 11 heteroatoms. The molecule has 2 aromatic carbocycles. The molecule has 2 aliphatic rings. The molecule has 0 spiro atoms. The van der Waals surface area contributed by atoms with Gasteiger partial charge in [0.25, 0.3) is 5.91 Å². The van der Waals surface area contributed by atoms with Gasteiger partial charge in [0.15, 0.2) is 11.6 Å². The summed E-state index contributed by atoms with van der Waals surface area (Å²) < 4.78 is 55.1. The number of carbonyl (C=O) groups is 1. The summed E-state index contributed by atoms with van der Waals surface area (Å²) in [7, 11) is -3.85. The standard InChI is InChI=1S/C23H25Cl2F2N3O3S/c24-18-14-19(25)21(34(32,33)30-7-2-1-3-8-30)13-17(18)23(31)29-11-9-28(10-12-29)15-16-5-4-6-20(26)22(16)27/h4-6,13-14H,1-3,7-12,15H2. The van der Waals surface area contributed by atoms with Crippen molar-refractivity contribution in [2.24, 2.45) is 0 Å². The first-order chi connectivity index (χ1) is 16.2. The van der Waals surface area contributed by atoms with E-state index in [0.717, 1.165) is 25.3 Å². The zero-order chi connectivity index (χ0) is 24.5. The molecule has 4 rings (SSSR count). The van der Waals surface area contributed by atoms with Gasteiger partial charge in [-0.05, 0) is 31.0 Å². The summed E-state index contributed by atoms with van der Waals surface area (Å²) >= 11 is 12.5. The van der Waals surface area contributed by atoms with E-state index < -0.39 is 27.6 Å². The van der Waals surface area contributed by atoms with Crippen LogP contribution in [0.15, 0.2) is 35.2 Å². The van der Waals surface area contributed by atoms with E-state index in [2.05, 4.69) is 0 Å². The van der Waals surface area contributed by atoms with Crippen LogP contribution >= 0.6 is 23.2 Å². The third kappa shape index (κ3) is 5.23. The van der Waals surface area contributed by atoms with Crippen LogP contribution in [0, 0.1) is 11.6 Å². The number of benzene rings is 2. The Balaban J connectivity index is 1.48. The van der Waals surface area contributed by atoms with Crippen molar-refractivity contribution in [2.45, 2.75) is 30.7 Å². The highest BCUT2D eigenvalue weighted by Crippen LogP contribution is 2.32. The van der Waals surface area contributed by atoms with Crippen LogP contribution in [-0.4, -0.2) is 67.7 Å². The van der Waals surface area contributed by atoms with Gasteiger partial charge in [0, 0.05) is 51.4 Å². The molecule has 0 radical (unpaired) electrons. The quantitative estimate of drug-likeness (QED) is 0.573. The Morgan fingerprint density at radius 2 is 1.59 bits per heavy atom. The van der Waals surface area contributed by atoms with Gasteiger partial charge in [-0.25, -0.2) is 17.2 Å². The molecule has 1 amide bonds.